The highest BCUT2D eigenvalue weighted by Crippen LogP contribution is 2.16. The zero-order valence-corrected chi connectivity index (χ0v) is 10.8. The van der Waals surface area contributed by atoms with Crippen LogP contribution in [-0.2, 0) is 0 Å². The van der Waals surface area contributed by atoms with Crippen LogP contribution in [0, 0.1) is 12.7 Å². The topological polar surface area (TPSA) is 21.3 Å². The molecule has 0 radical (unpaired) electrons. The predicted molar refractivity (Wildman–Crippen MR) is 69.0 cm³/mol. The van der Waals surface area contributed by atoms with E-state index in [1.54, 1.807) is 19.1 Å². The second-order valence-electron chi connectivity index (χ2n) is 4.17. The summed E-state index contributed by atoms with van der Waals surface area (Å²) in [7, 11) is 0. The standard InChI is InChI=1S/C14H22FNO/c1-3-16-9-5-4-6-10-17-13-7-8-14(15)12(2)11-13/h7-8,11,16H,3-6,9-10H2,1-2H3. The summed E-state index contributed by atoms with van der Waals surface area (Å²) in [5.74, 6) is 0.582. The first-order valence-corrected chi connectivity index (χ1v) is 6.33. The highest BCUT2D eigenvalue weighted by Gasteiger charge is 1.99. The molecule has 96 valence electrons. The Morgan fingerprint density at radius 1 is 1.24 bits per heavy atom. The molecule has 17 heavy (non-hydrogen) atoms. The Kier molecular flexibility index (Phi) is 6.63. The van der Waals surface area contributed by atoms with Gasteiger partial charge in [-0.2, -0.15) is 0 Å². The van der Waals surface area contributed by atoms with Crippen molar-refractivity contribution in [2.45, 2.75) is 33.1 Å². The van der Waals surface area contributed by atoms with Crippen molar-refractivity contribution in [1.29, 1.82) is 0 Å². The van der Waals surface area contributed by atoms with Gasteiger partial charge in [0.15, 0.2) is 0 Å². The number of halogens is 1. The molecule has 0 spiro atoms. The van der Waals surface area contributed by atoms with E-state index in [1.165, 1.54) is 12.5 Å². The van der Waals surface area contributed by atoms with Crippen molar-refractivity contribution in [3.8, 4) is 5.75 Å². The van der Waals surface area contributed by atoms with Crippen molar-refractivity contribution in [2.24, 2.45) is 0 Å². The van der Waals surface area contributed by atoms with Crippen LogP contribution in [0.3, 0.4) is 0 Å². The number of hydrogen-bond acceptors (Lipinski definition) is 2. The Balaban J connectivity index is 2.11. The van der Waals surface area contributed by atoms with E-state index in [4.69, 9.17) is 4.74 Å². The highest BCUT2D eigenvalue weighted by atomic mass is 19.1. The number of ether oxygens (including phenoxy) is 1. The molecule has 0 bridgehead atoms. The molecule has 0 amide bonds. The van der Waals surface area contributed by atoms with Gasteiger partial charge in [-0.05, 0) is 63.0 Å². The Morgan fingerprint density at radius 3 is 2.76 bits per heavy atom. The maximum absolute atomic E-state index is 13.0. The molecule has 2 nitrogen and oxygen atoms in total. The van der Waals surface area contributed by atoms with Crippen molar-refractivity contribution in [3.05, 3.63) is 29.6 Å². The number of rotatable bonds is 8. The van der Waals surface area contributed by atoms with Gasteiger partial charge in [0.25, 0.3) is 0 Å². The average Bonchev–Trinajstić information content (AvgIpc) is 2.32. The maximum Gasteiger partial charge on any atom is 0.126 e. The van der Waals surface area contributed by atoms with Crippen molar-refractivity contribution in [3.63, 3.8) is 0 Å². The first kappa shape index (κ1) is 14.0. The fourth-order valence-corrected chi connectivity index (χ4v) is 1.60. The van der Waals surface area contributed by atoms with E-state index in [0.29, 0.717) is 12.2 Å². The second kappa shape index (κ2) is 8.07. The third-order valence-corrected chi connectivity index (χ3v) is 2.65. The molecule has 1 aromatic carbocycles. The van der Waals surface area contributed by atoms with Gasteiger partial charge in [-0.1, -0.05) is 6.92 Å². The molecule has 0 heterocycles. The number of aryl methyl sites for hydroxylation is 1. The van der Waals surface area contributed by atoms with Crippen LogP contribution in [0.25, 0.3) is 0 Å². The Hall–Kier alpha value is -1.09. The van der Waals surface area contributed by atoms with Crippen molar-refractivity contribution < 1.29 is 9.13 Å². The van der Waals surface area contributed by atoms with Gasteiger partial charge in [0.1, 0.15) is 11.6 Å². The van der Waals surface area contributed by atoms with Crippen LogP contribution in [0.15, 0.2) is 18.2 Å². The molecule has 0 aliphatic carbocycles. The minimum absolute atomic E-state index is 0.178. The molecule has 0 aromatic heterocycles. The fraction of sp³-hybridized carbons (Fsp3) is 0.571. The summed E-state index contributed by atoms with van der Waals surface area (Å²) in [6.45, 7) is 6.67. The number of hydrogen-bond donors (Lipinski definition) is 1. The first-order valence-electron chi connectivity index (χ1n) is 6.33. The van der Waals surface area contributed by atoms with Crippen molar-refractivity contribution in [2.75, 3.05) is 19.7 Å². The van der Waals surface area contributed by atoms with Gasteiger partial charge in [-0.15, -0.1) is 0 Å². The van der Waals surface area contributed by atoms with Gasteiger partial charge in [-0.3, -0.25) is 0 Å². The summed E-state index contributed by atoms with van der Waals surface area (Å²) < 4.78 is 18.6. The lowest BCUT2D eigenvalue weighted by Crippen LogP contribution is -2.14. The van der Waals surface area contributed by atoms with Crippen LogP contribution in [0.4, 0.5) is 4.39 Å². The molecule has 0 saturated carbocycles. The lowest BCUT2D eigenvalue weighted by Gasteiger charge is -2.07. The predicted octanol–water partition coefficient (Wildman–Crippen LogP) is 3.29. The van der Waals surface area contributed by atoms with E-state index in [1.807, 2.05) is 0 Å². The molecule has 0 saturated heterocycles. The van der Waals surface area contributed by atoms with Crippen molar-refractivity contribution in [1.82, 2.24) is 5.32 Å². The third kappa shape index (κ3) is 5.68. The summed E-state index contributed by atoms with van der Waals surface area (Å²) in [4.78, 5) is 0. The number of benzene rings is 1. The minimum Gasteiger partial charge on any atom is -0.494 e. The van der Waals surface area contributed by atoms with E-state index < -0.39 is 0 Å². The monoisotopic (exact) mass is 239 g/mol. The van der Waals surface area contributed by atoms with Gasteiger partial charge < -0.3 is 10.1 Å². The SMILES string of the molecule is CCNCCCCCOc1ccc(F)c(C)c1. The van der Waals surface area contributed by atoms with E-state index in [0.717, 1.165) is 31.7 Å². The van der Waals surface area contributed by atoms with Gasteiger partial charge in [0.05, 0.1) is 6.61 Å². The number of unbranched alkanes of at least 4 members (excludes halogenated alkanes) is 2. The first-order chi connectivity index (χ1) is 8.24. The third-order valence-electron chi connectivity index (χ3n) is 2.65. The maximum atomic E-state index is 13.0. The zero-order valence-electron chi connectivity index (χ0n) is 10.8. The summed E-state index contributed by atoms with van der Waals surface area (Å²) in [6.07, 6.45) is 3.38. The molecule has 1 aromatic rings. The van der Waals surface area contributed by atoms with Gasteiger partial charge in [0.2, 0.25) is 0 Å². The minimum atomic E-state index is -0.178. The van der Waals surface area contributed by atoms with Crippen LogP contribution in [0.2, 0.25) is 0 Å². The van der Waals surface area contributed by atoms with Crippen LogP contribution in [0.5, 0.6) is 5.75 Å². The average molecular weight is 239 g/mol. The van der Waals surface area contributed by atoms with Crippen LogP contribution >= 0.6 is 0 Å². The largest absolute Gasteiger partial charge is 0.494 e. The summed E-state index contributed by atoms with van der Waals surface area (Å²) in [5, 5.41) is 3.29. The molecule has 0 aliphatic rings. The van der Waals surface area contributed by atoms with Crippen LogP contribution in [0.1, 0.15) is 31.7 Å². The summed E-state index contributed by atoms with van der Waals surface area (Å²) >= 11 is 0. The van der Waals surface area contributed by atoms with E-state index in [-0.39, 0.29) is 5.82 Å². The molecule has 0 aliphatic heterocycles. The molecule has 0 atom stereocenters. The summed E-state index contributed by atoms with van der Waals surface area (Å²) in [5.41, 5.74) is 0.634. The molecule has 0 unspecified atom stereocenters. The molecule has 3 heteroatoms. The smallest absolute Gasteiger partial charge is 0.126 e. The molecule has 1 rings (SSSR count). The highest BCUT2D eigenvalue weighted by molar-refractivity contribution is 5.28. The van der Waals surface area contributed by atoms with Crippen LogP contribution in [-0.4, -0.2) is 19.7 Å². The second-order valence-corrected chi connectivity index (χ2v) is 4.17. The van der Waals surface area contributed by atoms with Crippen molar-refractivity contribution >= 4 is 0 Å². The van der Waals surface area contributed by atoms with Gasteiger partial charge in [-0.25, -0.2) is 4.39 Å². The van der Waals surface area contributed by atoms with E-state index in [9.17, 15) is 4.39 Å². The van der Waals surface area contributed by atoms with E-state index >= 15 is 0 Å². The normalized spacial score (nSPS) is 10.5. The van der Waals surface area contributed by atoms with Gasteiger partial charge >= 0.3 is 0 Å². The Labute approximate surface area is 103 Å². The molecular formula is C14H22FNO. The molecular weight excluding hydrogens is 217 g/mol. The Morgan fingerprint density at radius 2 is 2.06 bits per heavy atom. The van der Waals surface area contributed by atoms with Crippen LogP contribution < -0.4 is 10.1 Å². The van der Waals surface area contributed by atoms with E-state index in [2.05, 4.69) is 12.2 Å². The Bertz CT molecular complexity index is 328. The fourth-order valence-electron chi connectivity index (χ4n) is 1.60. The number of nitrogens with one attached hydrogen (secondary N) is 1. The summed E-state index contributed by atoms with van der Waals surface area (Å²) in [6, 6.07) is 4.88. The molecule has 1 N–H and O–H groups in total. The lowest BCUT2D eigenvalue weighted by atomic mass is 10.2. The molecule has 0 fully saturated rings. The quantitative estimate of drug-likeness (QED) is 0.703. The van der Waals surface area contributed by atoms with Gasteiger partial charge in [0, 0.05) is 0 Å². The zero-order chi connectivity index (χ0) is 12.5. The lowest BCUT2D eigenvalue weighted by molar-refractivity contribution is 0.304.